The van der Waals surface area contributed by atoms with E-state index in [1.165, 1.54) is 0 Å². The number of hydrogen-bond acceptors (Lipinski definition) is 6. The third kappa shape index (κ3) is 6.85. The fraction of sp³-hybridized carbons (Fsp3) is 0.323. The molecule has 0 bridgehead atoms. The zero-order valence-electron chi connectivity index (χ0n) is 23.4. The molecule has 2 fully saturated rings. The van der Waals surface area contributed by atoms with E-state index in [0.717, 1.165) is 23.4 Å². The number of nitrogens with one attached hydrogen (secondary N) is 2. The van der Waals surface area contributed by atoms with E-state index in [9.17, 15) is 23.2 Å². The molecule has 0 saturated carbocycles. The van der Waals surface area contributed by atoms with E-state index in [0.29, 0.717) is 75.4 Å². The molecular formula is C31H33F2N5O4. The number of methoxy groups -OCH3 is 1. The Bertz CT molecular complexity index is 1430. The molecule has 0 aromatic heterocycles. The van der Waals surface area contributed by atoms with Crippen LogP contribution in [0.1, 0.15) is 26.3 Å². The van der Waals surface area contributed by atoms with Crippen molar-refractivity contribution in [2.24, 2.45) is 0 Å². The molecule has 0 radical (unpaired) electrons. The lowest BCUT2D eigenvalue weighted by molar-refractivity contribution is -0.130. The molecule has 2 aliphatic rings. The first-order valence-electron chi connectivity index (χ1n) is 13.9. The molecule has 0 unspecified atom stereocenters. The number of amides is 3. The van der Waals surface area contributed by atoms with Gasteiger partial charge in [0.15, 0.2) is 0 Å². The molecule has 3 aromatic carbocycles. The van der Waals surface area contributed by atoms with Gasteiger partial charge in [0.1, 0.15) is 17.4 Å². The van der Waals surface area contributed by atoms with Crippen LogP contribution >= 0.6 is 0 Å². The summed E-state index contributed by atoms with van der Waals surface area (Å²) >= 11 is 0. The summed E-state index contributed by atoms with van der Waals surface area (Å²) < 4.78 is 32.8. The maximum atomic E-state index is 13.8. The van der Waals surface area contributed by atoms with Gasteiger partial charge in [-0.3, -0.25) is 14.4 Å². The summed E-state index contributed by atoms with van der Waals surface area (Å²) in [6.45, 7) is 4.46. The Kier molecular flexibility index (Phi) is 8.97. The molecule has 2 saturated heterocycles. The zero-order chi connectivity index (χ0) is 29.6. The molecule has 11 heteroatoms. The summed E-state index contributed by atoms with van der Waals surface area (Å²) in [5.74, 6) is -1.85. The molecule has 42 heavy (non-hydrogen) atoms. The monoisotopic (exact) mass is 577 g/mol. The number of carbonyl (C=O) groups excluding carboxylic acids is 3. The first kappa shape index (κ1) is 29.0. The van der Waals surface area contributed by atoms with Crippen LogP contribution in [-0.2, 0) is 11.2 Å². The summed E-state index contributed by atoms with van der Waals surface area (Å²) in [4.78, 5) is 44.8. The minimum atomic E-state index is -0.863. The van der Waals surface area contributed by atoms with Gasteiger partial charge in [-0.2, -0.15) is 0 Å². The fourth-order valence-corrected chi connectivity index (χ4v) is 5.20. The van der Waals surface area contributed by atoms with Crippen molar-refractivity contribution >= 4 is 29.1 Å². The van der Waals surface area contributed by atoms with Crippen molar-refractivity contribution in [3.8, 4) is 5.75 Å². The number of nitrogens with zero attached hydrogens (tertiary/aromatic N) is 3. The highest BCUT2D eigenvalue weighted by molar-refractivity contribution is 6.07. The molecule has 0 spiro atoms. The highest BCUT2D eigenvalue weighted by Gasteiger charge is 2.25. The number of ether oxygens (including phenoxy) is 1. The van der Waals surface area contributed by atoms with Crippen LogP contribution in [0.25, 0.3) is 0 Å². The van der Waals surface area contributed by atoms with Crippen LogP contribution in [0.3, 0.4) is 0 Å². The van der Waals surface area contributed by atoms with Gasteiger partial charge >= 0.3 is 0 Å². The van der Waals surface area contributed by atoms with Crippen LogP contribution in [0.4, 0.5) is 20.2 Å². The largest absolute Gasteiger partial charge is 0.497 e. The van der Waals surface area contributed by atoms with E-state index in [1.807, 2.05) is 29.2 Å². The number of halogens is 2. The van der Waals surface area contributed by atoms with Gasteiger partial charge < -0.3 is 30.1 Å². The van der Waals surface area contributed by atoms with Gasteiger partial charge in [-0.1, -0.05) is 12.1 Å². The van der Waals surface area contributed by atoms with Crippen molar-refractivity contribution in [2.45, 2.75) is 6.42 Å². The third-order valence-corrected chi connectivity index (χ3v) is 7.51. The normalized spacial score (nSPS) is 15.4. The van der Waals surface area contributed by atoms with Gasteiger partial charge in [-0.05, 0) is 48.0 Å². The fourth-order valence-electron chi connectivity index (χ4n) is 5.20. The lowest BCUT2D eigenvalue weighted by atomic mass is 10.1. The number of rotatable bonds is 7. The zero-order valence-corrected chi connectivity index (χ0v) is 23.4. The van der Waals surface area contributed by atoms with Gasteiger partial charge in [-0.25, -0.2) is 8.78 Å². The van der Waals surface area contributed by atoms with Gasteiger partial charge in [0.25, 0.3) is 11.8 Å². The second kappa shape index (κ2) is 13.0. The first-order chi connectivity index (χ1) is 20.3. The van der Waals surface area contributed by atoms with E-state index >= 15 is 0 Å². The van der Waals surface area contributed by atoms with Gasteiger partial charge in [-0.15, -0.1) is 0 Å². The Morgan fingerprint density at radius 2 is 1.48 bits per heavy atom. The molecule has 2 heterocycles. The number of hydrogen-bond donors (Lipinski definition) is 2. The van der Waals surface area contributed by atoms with Gasteiger partial charge in [0, 0.05) is 69.6 Å². The standard InChI is InChI=1S/C31H33F2N5O4/c1-42-26-5-2-21(3-6-26)16-29(39)37-14-12-36(13-15-37)28-7-4-22(31(41)38-10-8-34-9-11-38)19-27(28)35-30(40)23-17-24(32)20-25(33)18-23/h2-7,17-20,34H,8-16H2,1H3,(H,35,40). The van der Waals surface area contributed by atoms with E-state index in [-0.39, 0.29) is 23.8 Å². The lowest BCUT2D eigenvalue weighted by Crippen LogP contribution is -2.49. The molecule has 5 rings (SSSR count). The minimum absolute atomic E-state index is 0.0124. The molecule has 0 atom stereocenters. The molecular weight excluding hydrogens is 544 g/mol. The maximum Gasteiger partial charge on any atom is 0.255 e. The van der Waals surface area contributed by atoms with Crippen molar-refractivity contribution in [3.05, 3.63) is 89.0 Å². The lowest BCUT2D eigenvalue weighted by Gasteiger charge is -2.37. The van der Waals surface area contributed by atoms with Crippen LogP contribution in [0.5, 0.6) is 5.75 Å². The van der Waals surface area contributed by atoms with Gasteiger partial charge in [0.05, 0.1) is 24.9 Å². The number of anilines is 2. The quantitative estimate of drug-likeness (QED) is 0.448. The SMILES string of the molecule is COc1ccc(CC(=O)N2CCN(c3ccc(C(=O)N4CCNCC4)cc3NC(=O)c3cc(F)cc(F)c3)CC2)cc1. The van der Waals surface area contributed by atoms with Crippen molar-refractivity contribution in [2.75, 3.05) is 69.7 Å². The Balaban J connectivity index is 1.33. The highest BCUT2D eigenvalue weighted by atomic mass is 19.1. The van der Waals surface area contributed by atoms with E-state index in [1.54, 1.807) is 35.1 Å². The van der Waals surface area contributed by atoms with Crippen LogP contribution in [-0.4, -0.2) is 87.0 Å². The van der Waals surface area contributed by atoms with Crippen LogP contribution in [0.2, 0.25) is 0 Å². The van der Waals surface area contributed by atoms with E-state index in [4.69, 9.17) is 4.74 Å². The second-order valence-electron chi connectivity index (χ2n) is 10.3. The van der Waals surface area contributed by atoms with Crippen molar-refractivity contribution in [1.29, 1.82) is 0 Å². The summed E-state index contributed by atoms with van der Waals surface area (Å²) in [5.41, 5.74) is 2.12. The Morgan fingerprint density at radius 1 is 0.810 bits per heavy atom. The molecule has 2 aliphatic heterocycles. The topological polar surface area (TPSA) is 94.2 Å². The number of benzene rings is 3. The summed E-state index contributed by atoms with van der Waals surface area (Å²) in [5, 5.41) is 5.98. The van der Waals surface area contributed by atoms with Gasteiger partial charge in [0.2, 0.25) is 5.91 Å². The van der Waals surface area contributed by atoms with Crippen molar-refractivity contribution in [3.63, 3.8) is 0 Å². The predicted molar refractivity (Wildman–Crippen MR) is 155 cm³/mol. The average molecular weight is 578 g/mol. The summed E-state index contributed by atoms with van der Waals surface area (Å²) in [6.07, 6.45) is 0.276. The van der Waals surface area contributed by atoms with Crippen molar-refractivity contribution < 1.29 is 27.9 Å². The third-order valence-electron chi connectivity index (χ3n) is 7.51. The summed E-state index contributed by atoms with van der Waals surface area (Å²) in [7, 11) is 1.59. The molecule has 0 aliphatic carbocycles. The molecule has 2 N–H and O–H groups in total. The predicted octanol–water partition coefficient (Wildman–Crippen LogP) is 3.16. The van der Waals surface area contributed by atoms with Crippen LogP contribution in [0.15, 0.2) is 60.7 Å². The minimum Gasteiger partial charge on any atom is -0.497 e. The van der Waals surface area contributed by atoms with Crippen molar-refractivity contribution in [1.82, 2.24) is 15.1 Å². The second-order valence-corrected chi connectivity index (χ2v) is 10.3. The summed E-state index contributed by atoms with van der Waals surface area (Å²) in [6, 6.07) is 15.1. The Morgan fingerprint density at radius 3 is 2.12 bits per heavy atom. The molecule has 220 valence electrons. The van der Waals surface area contributed by atoms with Crippen LogP contribution < -0.4 is 20.3 Å². The number of carbonyl (C=O) groups is 3. The smallest absolute Gasteiger partial charge is 0.255 e. The Hall–Kier alpha value is -4.51. The average Bonchev–Trinajstić information content (AvgIpc) is 3.01. The first-order valence-corrected chi connectivity index (χ1v) is 13.9. The van der Waals surface area contributed by atoms with E-state index in [2.05, 4.69) is 10.6 Å². The molecule has 3 aromatic rings. The van der Waals surface area contributed by atoms with E-state index < -0.39 is 17.5 Å². The maximum absolute atomic E-state index is 13.8. The molecule has 3 amide bonds. The Labute approximate surface area is 243 Å². The molecule has 9 nitrogen and oxygen atoms in total. The number of piperazine rings is 2. The van der Waals surface area contributed by atoms with Crippen LogP contribution in [0, 0.1) is 11.6 Å². The highest BCUT2D eigenvalue weighted by Crippen LogP contribution is 2.30.